The van der Waals surface area contributed by atoms with E-state index in [1.54, 1.807) is 17.5 Å². The minimum absolute atomic E-state index is 0.718. The third kappa shape index (κ3) is 2.83. The minimum Gasteiger partial charge on any atom is -0.490 e. The number of hydrogen-bond donors (Lipinski definition) is 0. The van der Waals surface area contributed by atoms with Crippen molar-refractivity contribution in [1.29, 1.82) is 0 Å². The largest absolute Gasteiger partial charge is 0.490 e. The van der Waals surface area contributed by atoms with Gasteiger partial charge in [-0.25, -0.2) is 0 Å². The molecule has 0 aliphatic rings. The summed E-state index contributed by atoms with van der Waals surface area (Å²) in [4.78, 5) is 1.36. The van der Waals surface area contributed by atoms with E-state index in [2.05, 4.69) is 29.5 Å². The molecule has 0 fully saturated rings. The van der Waals surface area contributed by atoms with Crippen LogP contribution < -0.4 is 4.74 Å². The monoisotopic (exact) mass is 222 g/mol. The molecule has 2 aromatic heterocycles. The van der Waals surface area contributed by atoms with E-state index >= 15 is 0 Å². The maximum atomic E-state index is 5.59. The van der Waals surface area contributed by atoms with Gasteiger partial charge in [0, 0.05) is 17.8 Å². The summed E-state index contributed by atoms with van der Waals surface area (Å²) in [5.41, 5.74) is 0. The molecule has 2 rings (SSSR count). The van der Waals surface area contributed by atoms with Crippen molar-refractivity contribution in [2.45, 2.75) is 19.9 Å². The summed E-state index contributed by atoms with van der Waals surface area (Å²) in [6.45, 7) is 3.66. The summed E-state index contributed by atoms with van der Waals surface area (Å²) < 4.78 is 7.45. The van der Waals surface area contributed by atoms with Crippen LogP contribution in [0.2, 0.25) is 0 Å². The van der Waals surface area contributed by atoms with Gasteiger partial charge in [-0.05, 0) is 18.4 Å². The predicted octanol–water partition coefficient (Wildman–Crippen LogP) is 2.59. The maximum absolute atomic E-state index is 5.59. The molecular formula is C11H14N2OS. The number of aryl methyl sites for hydroxylation is 1. The molecule has 0 amide bonds. The molecule has 3 nitrogen and oxygen atoms in total. The summed E-state index contributed by atoms with van der Waals surface area (Å²) >= 11 is 1.77. The van der Waals surface area contributed by atoms with E-state index in [0.29, 0.717) is 0 Å². The molecule has 0 unspecified atom stereocenters. The summed E-state index contributed by atoms with van der Waals surface area (Å²) in [5, 5.41) is 6.23. The Bertz CT molecular complexity index is 394. The third-order valence-corrected chi connectivity index (χ3v) is 3.07. The average Bonchev–Trinajstić information content (AvgIpc) is 2.88. The lowest BCUT2D eigenvalue weighted by molar-refractivity contribution is 0.322. The lowest BCUT2D eigenvalue weighted by Crippen LogP contribution is -1.99. The smallest absolute Gasteiger partial charge is 0.157 e. The van der Waals surface area contributed by atoms with Gasteiger partial charge < -0.3 is 4.74 Å². The Labute approximate surface area is 93.3 Å². The molecule has 15 heavy (non-hydrogen) atoms. The molecule has 0 aliphatic heterocycles. The van der Waals surface area contributed by atoms with Gasteiger partial charge >= 0.3 is 0 Å². The zero-order chi connectivity index (χ0) is 10.5. The van der Waals surface area contributed by atoms with E-state index in [1.807, 2.05) is 10.9 Å². The fourth-order valence-electron chi connectivity index (χ4n) is 1.32. The van der Waals surface area contributed by atoms with Crippen molar-refractivity contribution in [1.82, 2.24) is 9.78 Å². The Morgan fingerprint density at radius 1 is 1.53 bits per heavy atom. The molecule has 80 valence electrons. The molecule has 0 saturated heterocycles. The van der Waals surface area contributed by atoms with Crippen LogP contribution in [-0.4, -0.2) is 16.4 Å². The fourth-order valence-corrected chi connectivity index (χ4v) is 2.01. The molecule has 0 aliphatic carbocycles. The quantitative estimate of drug-likeness (QED) is 0.777. The molecule has 4 heteroatoms. The lowest BCUT2D eigenvalue weighted by atomic mass is 10.4. The first-order valence-corrected chi connectivity index (χ1v) is 5.94. The second-order valence-electron chi connectivity index (χ2n) is 3.21. The first-order valence-electron chi connectivity index (χ1n) is 5.06. The Hall–Kier alpha value is -1.29. The van der Waals surface area contributed by atoms with Crippen LogP contribution in [0.15, 0.2) is 29.9 Å². The second kappa shape index (κ2) is 4.98. The van der Waals surface area contributed by atoms with Crippen LogP contribution in [0, 0.1) is 0 Å². The summed E-state index contributed by atoms with van der Waals surface area (Å²) in [6.07, 6.45) is 4.65. The molecule has 0 aromatic carbocycles. The Morgan fingerprint density at radius 2 is 2.47 bits per heavy atom. The molecular weight excluding hydrogens is 208 g/mol. The molecule has 2 aromatic rings. The molecule has 0 N–H and O–H groups in total. The number of aromatic nitrogens is 2. The highest BCUT2D eigenvalue weighted by Crippen LogP contribution is 2.12. The maximum Gasteiger partial charge on any atom is 0.157 e. The van der Waals surface area contributed by atoms with Gasteiger partial charge in [-0.2, -0.15) is 5.10 Å². The number of nitrogens with zero attached hydrogens (tertiary/aromatic N) is 2. The van der Waals surface area contributed by atoms with Gasteiger partial charge in [-0.3, -0.25) is 4.68 Å². The summed E-state index contributed by atoms with van der Waals surface area (Å²) in [7, 11) is 0. The predicted molar refractivity (Wildman–Crippen MR) is 61.4 cm³/mol. The first kappa shape index (κ1) is 10.2. The van der Waals surface area contributed by atoms with E-state index < -0.39 is 0 Å². The van der Waals surface area contributed by atoms with E-state index in [0.717, 1.165) is 25.3 Å². The van der Waals surface area contributed by atoms with Crippen molar-refractivity contribution in [3.8, 4) is 5.75 Å². The van der Waals surface area contributed by atoms with Gasteiger partial charge in [-0.15, -0.1) is 11.3 Å². The van der Waals surface area contributed by atoms with Gasteiger partial charge in [0.15, 0.2) is 5.75 Å². The molecule has 0 atom stereocenters. The second-order valence-corrected chi connectivity index (χ2v) is 4.24. The van der Waals surface area contributed by atoms with Crippen LogP contribution >= 0.6 is 11.3 Å². The Kier molecular flexibility index (Phi) is 3.40. The zero-order valence-electron chi connectivity index (χ0n) is 8.72. The van der Waals surface area contributed by atoms with E-state index in [9.17, 15) is 0 Å². The topological polar surface area (TPSA) is 27.1 Å². The van der Waals surface area contributed by atoms with E-state index in [-0.39, 0.29) is 0 Å². The van der Waals surface area contributed by atoms with Gasteiger partial charge in [0.25, 0.3) is 0 Å². The highest BCUT2D eigenvalue weighted by molar-refractivity contribution is 7.09. The number of ether oxygens (including phenoxy) is 1. The van der Waals surface area contributed by atoms with Crippen molar-refractivity contribution < 1.29 is 4.74 Å². The normalized spacial score (nSPS) is 10.5. The van der Waals surface area contributed by atoms with Gasteiger partial charge in [0.05, 0.1) is 19.0 Å². The van der Waals surface area contributed by atoms with Crippen molar-refractivity contribution >= 4 is 11.3 Å². The van der Waals surface area contributed by atoms with Crippen molar-refractivity contribution in [3.05, 3.63) is 34.8 Å². The SMILES string of the molecule is CCn1cc(OCCc2cccs2)cn1. The van der Waals surface area contributed by atoms with Crippen molar-refractivity contribution in [3.63, 3.8) is 0 Å². The summed E-state index contributed by atoms with van der Waals surface area (Å²) in [6, 6.07) is 4.19. The fraction of sp³-hybridized carbons (Fsp3) is 0.364. The standard InChI is InChI=1S/C11H14N2OS/c1-2-13-9-10(8-12-13)14-6-5-11-4-3-7-15-11/h3-4,7-9H,2,5-6H2,1H3. The van der Waals surface area contributed by atoms with Crippen molar-refractivity contribution in [2.75, 3.05) is 6.61 Å². The number of hydrogen-bond acceptors (Lipinski definition) is 3. The third-order valence-electron chi connectivity index (χ3n) is 2.13. The number of thiophene rings is 1. The van der Waals surface area contributed by atoms with E-state index in [4.69, 9.17) is 4.74 Å². The molecule has 2 heterocycles. The van der Waals surface area contributed by atoms with Crippen LogP contribution in [0.4, 0.5) is 0 Å². The molecule has 0 bridgehead atoms. The van der Waals surface area contributed by atoms with Gasteiger partial charge in [0.1, 0.15) is 0 Å². The molecule has 0 radical (unpaired) electrons. The average molecular weight is 222 g/mol. The molecule has 0 saturated carbocycles. The summed E-state index contributed by atoms with van der Waals surface area (Å²) in [5.74, 6) is 0.855. The zero-order valence-corrected chi connectivity index (χ0v) is 9.54. The highest BCUT2D eigenvalue weighted by Gasteiger charge is 1.98. The minimum atomic E-state index is 0.718. The van der Waals surface area contributed by atoms with Crippen LogP contribution in [-0.2, 0) is 13.0 Å². The highest BCUT2D eigenvalue weighted by atomic mass is 32.1. The van der Waals surface area contributed by atoms with Crippen molar-refractivity contribution in [2.24, 2.45) is 0 Å². The lowest BCUT2D eigenvalue weighted by Gasteiger charge is -2.00. The Morgan fingerprint density at radius 3 is 3.13 bits per heavy atom. The number of rotatable bonds is 5. The van der Waals surface area contributed by atoms with Crippen LogP contribution in [0.1, 0.15) is 11.8 Å². The van der Waals surface area contributed by atoms with E-state index in [1.165, 1.54) is 4.88 Å². The first-order chi connectivity index (χ1) is 7.38. The Balaban J connectivity index is 1.78. The van der Waals surface area contributed by atoms with Crippen LogP contribution in [0.25, 0.3) is 0 Å². The van der Waals surface area contributed by atoms with Gasteiger partial charge in [0.2, 0.25) is 0 Å². The van der Waals surface area contributed by atoms with Gasteiger partial charge in [-0.1, -0.05) is 6.07 Å². The van der Waals surface area contributed by atoms with Crippen LogP contribution in [0.5, 0.6) is 5.75 Å². The van der Waals surface area contributed by atoms with Crippen LogP contribution in [0.3, 0.4) is 0 Å². The molecule has 0 spiro atoms.